The number of rotatable bonds is 6. The number of hydrogen-bond acceptors (Lipinski definition) is 6. The molecule has 156 valence electrons. The van der Waals surface area contributed by atoms with Crippen LogP contribution in [0.2, 0.25) is 0 Å². The minimum absolute atomic E-state index is 0.0240. The molecule has 2 aromatic rings. The number of carbonyl (C=O) groups excluding carboxylic acids is 3. The van der Waals surface area contributed by atoms with Gasteiger partial charge in [0.25, 0.3) is 11.6 Å². The number of esters is 1. The Bertz CT molecular complexity index is 1000. The molecule has 30 heavy (non-hydrogen) atoms. The van der Waals surface area contributed by atoms with Crippen LogP contribution in [-0.2, 0) is 19.1 Å². The number of ether oxygens (including phenoxy) is 1. The molecule has 1 aliphatic heterocycles. The Morgan fingerprint density at radius 2 is 1.90 bits per heavy atom. The Morgan fingerprint density at radius 1 is 1.20 bits per heavy atom. The highest BCUT2D eigenvalue weighted by molar-refractivity contribution is 6.00. The molecule has 0 aliphatic carbocycles. The summed E-state index contributed by atoms with van der Waals surface area (Å²) in [5, 5.41) is 13.1. The van der Waals surface area contributed by atoms with E-state index in [0.717, 1.165) is 16.8 Å². The molecular formula is C21H21N3O6. The highest BCUT2D eigenvalue weighted by Gasteiger charge is 2.37. The van der Waals surface area contributed by atoms with Crippen LogP contribution in [0, 0.1) is 29.9 Å². The van der Waals surface area contributed by atoms with Gasteiger partial charge in [0.2, 0.25) is 5.91 Å². The average molecular weight is 411 g/mol. The van der Waals surface area contributed by atoms with Crippen molar-refractivity contribution in [3.05, 3.63) is 63.7 Å². The zero-order chi connectivity index (χ0) is 21.8. The van der Waals surface area contributed by atoms with Gasteiger partial charge in [0, 0.05) is 36.5 Å². The summed E-state index contributed by atoms with van der Waals surface area (Å²) >= 11 is 0. The van der Waals surface area contributed by atoms with E-state index in [2.05, 4.69) is 5.32 Å². The normalized spacial score (nSPS) is 15.7. The lowest BCUT2D eigenvalue weighted by atomic mass is 10.1. The molecule has 0 aromatic heterocycles. The lowest BCUT2D eigenvalue weighted by Crippen LogP contribution is -2.28. The van der Waals surface area contributed by atoms with Crippen LogP contribution in [0.3, 0.4) is 0 Å². The molecule has 1 fully saturated rings. The van der Waals surface area contributed by atoms with Crippen molar-refractivity contribution in [1.82, 2.24) is 0 Å². The van der Waals surface area contributed by atoms with Gasteiger partial charge in [-0.05, 0) is 43.2 Å². The predicted octanol–water partition coefficient (Wildman–Crippen LogP) is 2.75. The second kappa shape index (κ2) is 8.73. The summed E-state index contributed by atoms with van der Waals surface area (Å²) in [6, 6.07) is 10.9. The fourth-order valence-corrected chi connectivity index (χ4v) is 3.24. The standard InChI is InChI=1S/C21H21N3O6/c1-13-4-3-5-18(14(13)2)23-11-15(10-20(23)26)21(27)30-12-19(25)22-16-6-8-17(9-7-16)24(28)29/h3-9,15H,10-12H2,1-2H3,(H,22,25)/t15-/m0/s1. The molecule has 1 heterocycles. The Hall–Kier alpha value is -3.75. The second-order valence-electron chi connectivity index (χ2n) is 7.08. The second-order valence-corrected chi connectivity index (χ2v) is 7.08. The molecule has 0 radical (unpaired) electrons. The highest BCUT2D eigenvalue weighted by atomic mass is 16.6. The SMILES string of the molecule is Cc1cccc(N2C[C@@H](C(=O)OCC(=O)Nc3ccc([N+](=O)[O-])cc3)CC2=O)c1C. The van der Waals surface area contributed by atoms with E-state index in [9.17, 15) is 24.5 Å². The van der Waals surface area contributed by atoms with Crippen molar-refractivity contribution in [3.8, 4) is 0 Å². The minimum Gasteiger partial charge on any atom is -0.455 e. The first kappa shape index (κ1) is 21.0. The number of carbonyl (C=O) groups is 3. The maximum atomic E-state index is 12.4. The lowest BCUT2D eigenvalue weighted by Gasteiger charge is -2.20. The molecule has 1 saturated heterocycles. The van der Waals surface area contributed by atoms with E-state index in [4.69, 9.17) is 4.74 Å². The third-order valence-electron chi connectivity index (χ3n) is 5.03. The molecule has 9 heteroatoms. The van der Waals surface area contributed by atoms with Crippen LogP contribution in [0.4, 0.5) is 17.1 Å². The Balaban J connectivity index is 1.53. The van der Waals surface area contributed by atoms with Crippen molar-refractivity contribution in [2.45, 2.75) is 20.3 Å². The number of nitrogens with zero attached hydrogens (tertiary/aromatic N) is 2. The first-order valence-electron chi connectivity index (χ1n) is 9.34. The summed E-state index contributed by atoms with van der Waals surface area (Å²) in [5.41, 5.74) is 3.04. The number of hydrogen-bond donors (Lipinski definition) is 1. The fourth-order valence-electron chi connectivity index (χ4n) is 3.24. The van der Waals surface area contributed by atoms with Gasteiger partial charge in [-0.1, -0.05) is 12.1 Å². The number of amides is 2. The van der Waals surface area contributed by atoms with Crippen molar-refractivity contribution < 1.29 is 24.0 Å². The summed E-state index contributed by atoms with van der Waals surface area (Å²) in [6.07, 6.45) is 0.0240. The molecule has 1 aliphatic rings. The topological polar surface area (TPSA) is 119 Å². The Kier molecular flexibility index (Phi) is 6.10. The molecule has 3 rings (SSSR count). The lowest BCUT2D eigenvalue weighted by molar-refractivity contribution is -0.384. The van der Waals surface area contributed by atoms with Gasteiger partial charge in [-0.25, -0.2) is 0 Å². The minimum atomic E-state index is -0.649. The summed E-state index contributed by atoms with van der Waals surface area (Å²) in [5.74, 6) is -2.01. The summed E-state index contributed by atoms with van der Waals surface area (Å²) in [6.45, 7) is 3.57. The van der Waals surface area contributed by atoms with E-state index in [1.54, 1.807) is 4.90 Å². The molecule has 0 bridgehead atoms. The van der Waals surface area contributed by atoms with Gasteiger partial charge in [0.15, 0.2) is 6.61 Å². The average Bonchev–Trinajstić information content (AvgIpc) is 3.10. The number of nitro benzene ring substituents is 1. The molecule has 1 N–H and O–H groups in total. The molecular weight excluding hydrogens is 390 g/mol. The van der Waals surface area contributed by atoms with E-state index in [-0.39, 0.29) is 24.6 Å². The van der Waals surface area contributed by atoms with E-state index < -0.39 is 29.3 Å². The van der Waals surface area contributed by atoms with Gasteiger partial charge in [0.1, 0.15) is 0 Å². The van der Waals surface area contributed by atoms with Crippen LogP contribution >= 0.6 is 0 Å². The summed E-state index contributed by atoms with van der Waals surface area (Å²) in [4.78, 5) is 48.4. The van der Waals surface area contributed by atoms with Crippen LogP contribution in [0.15, 0.2) is 42.5 Å². The number of nitro groups is 1. The summed E-state index contributed by atoms with van der Waals surface area (Å²) in [7, 11) is 0. The van der Waals surface area contributed by atoms with Crippen molar-refractivity contribution in [1.29, 1.82) is 0 Å². The zero-order valence-electron chi connectivity index (χ0n) is 16.6. The number of anilines is 2. The van der Waals surface area contributed by atoms with Crippen LogP contribution in [0.1, 0.15) is 17.5 Å². The molecule has 2 aromatic carbocycles. The fraction of sp³-hybridized carbons (Fsp3) is 0.286. The summed E-state index contributed by atoms with van der Waals surface area (Å²) < 4.78 is 5.07. The maximum Gasteiger partial charge on any atom is 0.311 e. The Morgan fingerprint density at radius 3 is 2.57 bits per heavy atom. The third-order valence-corrected chi connectivity index (χ3v) is 5.03. The van der Waals surface area contributed by atoms with E-state index in [1.807, 2.05) is 32.0 Å². The molecule has 1 atom stereocenters. The van der Waals surface area contributed by atoms with Gasteiger partial charge in [-0.2, -0.15) is 0 Å². The largest absolute Gasteiger partial charge is 0.455 e. The molecule has 0 saturated carbocycles. The van der Waals surface area contributed by atoms with Crippen LogP contribution in [0.5, 0.6) is 0 Å². The smallest absolute Gasteiger partial charge is 0.311 e. The predicted molar refractivity (Wildman–Crippen MR) is 109 cm³/mol. The van der Waals surface area contributed by atoms with Gasteiger partial charge in [-0.15, -0.1) is 0 Å². The number of benzene rings is 2. The number of non-ortho nitro benzene ring substituents is 1. The van der Waals surface area contributed by atoms with Gasteiger partial charge >= 0.3 is 5.97 Å². The number of aryl methyl sites for hydroxylation is 1. The van der Waals surface area contributed by atoms with Crippen LogP contribution in [-0.4, -0.2) is 35.9 Å². The van der Waals surface area contributed by atoms with E-state index in [1.165, 1.54) is 24.3 Å². The molecule has 9 nitrogen and oxygen atoms in total. The molecule has 0 spiro atoms. The monoisotopic (exact) mass is 411 g/mol. The zero-order valence-corrected chi connectivity index (χ0v) is 16.6. The first-order chi connectivity index (χ1) is 14.3. The van der Waals surface area contributed by atoms with Crippen LogP contribution < -0.4 is 10.2 Å². The quantitative estimate of drug-likeness (QED) is 0.443. The van der Waals surface area contributed by atoms with Crippen molar-refractivity contribution in [2.24, 2.45) is 5.92 Å². The van der Waals surface area contributed by atoms with Gasteiger partial charge in [0.05, 0.1) is 10.8 Å². The third kappa shape index (κ3) is 4.62. The van der Waals surface area contributed by atoms with Crippen molar-refractivity contribution >= 4 is 34.8 Å². The van der Waals surface area contributed by atoms with Crippen molar-refractivity contribution in [2.75, 3.05) is 23.4 Å². The highest BCUT2D eigenvalue weighted by Crippen LogP contribution is 2.29. The maximum absolute atomic E-state index is 12.4. The van der Waals surface area contributed by atoms with Gasteiger partial charge < -0.3 is 15.0 Å². The van der Waals surface area contributed by atoms with E-state index >= 15 is 0 Å². The molecule has 2 amide bonds. The first-order valence-corrected chi connectivity index (χ1v) is 9.34. The molecule has 0 unspecified atom stereocenters. The van der Waals surface area contributed by atoms with E-state index in [0.29, 0.717) is 5.69 Å². The van der Waals surface area contributed by atoms with Gasteiger partial charge in [-0.3, -0.25) is 24.5 Å². The Labute approximate surface area is 172 Å². The van der Waals surface area contributed by atoms with Crippen LogP contribution in [0.25, 0.3) is 0 Å². The number of nitrogens with one attached hydrogen (secondary N) is 1. The van der Waals surface area contributed by atoms with Crippen molar-refractivity contribution in [3.63, 3.8) is 0 Å².